The van der Waals surface area contributed by atoms with Crippen LogP contribution in [-0.4, -0.2) is 72.7 Å². The molecule has 3 aromatic carbocycles. The minimum Gasteiger partial charge on any atom is -0.492 e. The Bertz CT molecular complexity index is 1570. The van der Waals surface area contributed by atoms with Crippen molar-refractivity contribution in [2.24, 2.45) is 0 Å². The maximum Gasteiger partial charge on any atom is 0.234 e. The van der Waals surface area contributed by atoms with Crippen molar-refractivity contribution >= 4 is 29.0 Å². The number of hydrogen-bond acceptors (Lipinski definition) is 10. The fourth-order valence-corrected chi connectivity index (χ4v) is 5.71. The van der Waals surface area contributed by atoms with Crippen LogP contribution in [0.4, 0.5) is 11.4 Å². The highest BCUT2D eigenvalue weighted by Crippen LogP contribution is 2.40. The van der Waals surface area contributed by atoms with Gasteiger partial charge in [0.1, 0.15) is 11.5 Å². The minimum absolute atomic E-state index is 0.104. The van der Waals surface area contributed by atoms with Gasteiger partial charge in [0.2, 0.25) is 12.7 Å². The number of anilines is 2. The van der Waals surface area contributed by atoms with Gasteiger partial charge in [0.15, 0.2) is 22.5 Å². The number of ether oxygens (including phenoxy) is 5. The highest BCUT2D eigenvalue weighted by Gasteiger charge is 2.23. The lowest BCUT2D eigenvalue weighted by molar-refractivity contribution is -0.113. The predicted octanol–water partition coefficient (Wildman–Crippen LogP) is 5.03. The van der Waals surface area contributed by atoms with Crippen LogP contribution in [0, 0.1) is 0 Å². The summed E-state index contributed by atoms with van der Waals surface area (Å²) >= 11 is 1.30. The van der Waals surface area contributed by atoms with E-state index in [0.717, 1.165) is 30.0 Å². The quantitative estimate of drug-likeness (QED) is 0.235. The SMILES string of the molecule is CCOc1cc(N2CCOCC2)c(OCC)cc1NC(=O)CSc1nnc(-c2ccc3c(c2)OCO3)n1-c1ccccc1. The van der Waals surface area contributed by atoms with Crippen LogP contribution in [0.3, 0.4) is 0 Å². The van der Waals surface area contributed by atoms with Gasteiger partial charge in [-0.25, -0.2) is 0 Å². The number of nitrogens with zero attached hydrogens (tertiary/aromatic N) is 4. The van der Waals surface area contributed by atoms with Gasteiger partial charge in [-0.05, 0) is 44.2 Å². The molecule has 1 N–H and O–H groups in total. The third-order valence-corrected chi connectivity index (χ3v) is 7.83. The zero-order chi connectivity index (χ0) is 29.6. The van der Waals surface area contributed by atoms with Crippen LogP contribution in [0.25, 0.3) is 17.1 Å². The van der Waals surface area contributed by atoms with Gasteiger partial charge < -0.3 is 33.9 Å². The van der Waals surface area contributed by atoms with Crippen LogP contribution in [-0.2, 0) is 9.53 Å². The monoisotopic (exact) mass is 603 g/mol. The molecule has 0 aliphatic carbocycles. The Morgan fingerprint density at radius 1 is 0.930 bits per heavy atom. The summed E-state index contributed by atoms with van der Waals surface area (Å²) in [5, 5.41) is 12.5. The van der Waals surface area contributed by atoms with E-state index in [0.29, 0.717) is 66.1 Å². The number of morpholine rings is 1. The number of hydrogen-bond donors (Lipinski definition) is 1. The second kappa shape index (κ2) is 13.3. The van der Waals surface area contributed by atoms with Crippen LogP contribution >= 0.6 is 11.8 Å². The maximum absolute atomic E-state index is 13.3. The van der Waals surface area contributed by atoms with E-state index in [4.69, 9.17) is 23.7 Å². The fourth-order valence-electron chi connectivity index (χ4n) is 4.96. The first-order valence-electron chi connectivity index (χ1n) is 14.2. The summed E-state index contributed by atoms with van der Waals surface area (Å²) in [6.45, 7) is 7.80. The first-order valence-corrected chi connectivity index (χ1v) is 15.2. The lowest BCUT2D eigenvalue weighted by atomic mass is 10.2. The number of thioether (sulfide) groups is 1. The van der Waals surface area contributed by atoms with E-state index in [1.54, 1.807) is 0 Å². The largest absolute Gasteiger partial charge is 0.492 e. The zero-order valence-electron chi connectivity index (χ0n) is 24.1. The standard InChI is InChI=1S/C31H33N5O6S/c1-3-39-26-18-24(35-12-14-38-15-13-35)27(40-4-2)17-23(26)32-29(37)19-43-31-34-33-30(36(31)22-8-6-5-7-9-22)21-10-11-25-28(16-21)42-20-41-25/h5-11,16-18H,3-4,12-15,19-20H2,1-2H3,(H,32,37). The van der Waals surface area contributed by atoms with Crippen LogP contribution in [0.1, 0.15) is 13.8 Å². The van der Waals surface area contributed by atoms with Crippen molar-refractivity contribution in [2.45, 2.75) is 19.0 Å². The van der Waals surface area contributed by atoms with E-state index < -0.39 is 0 Å². The number of para-hydroxylation sites is 1. The van der Waals surface area contributed by atoms with Crippen molar-refractivity contribution < 1.29 is 28.5 Å². The summed E-state index contributed by atoms with van der Waals surface area (Å²) in [5.41, 5.74) is 3.18. The molecule has 1 fully saturated rings. The fraction of sp³-hybridized carbons (Fsp3) is 0.323. The average Bonchev–Trinajstić information content (AvgIpc) is 3.69. The molecule has 2 aliphatic rings. The molecule has 0 atom stereocenters. The van der Waals surface area contributed by atoms with Gasteiger partial charge >= 0.3 is 0 Å². The van der Waals surface area contributed by atoms with E-state index >= 15 is 0 Å². The number of carbonyl (C=O) groups excluding carboxylic acids is 1. The molecule has 1 aromatic heterocycles. The number of rotatable bonds is 11. The Morgan fingerprint density at radius 3 is 2.49 bits per heavy atom. The van der Waals surface area contributed by atoms with Crippen LogP contribution in [0.15, 0.2) is 65.8 Å². The molecule has 6 rings (SSSR count). The summed E-state index contributed by atoms with van der Waals surface area (Å²) in [5.74, 6) is 3.15. The van der Waals surface area contributed by atoms with Gasteiger partial charge in [0.05, 0.1) is 43.6 Å². The first-order chi connectivity index (χ1) is 21.1. The number of nitrogens with one attached hydrogen (secondary N) is 1. The summed E-state index contributed by atoms with van der Waals surface area (Å²) in [7, 11) is 0. The van der Waals surface area contributed by atoms with E-state index in [9.17, 15) is 4.79 Å². The molecule has 43 heavy (non-hydrogen) atoms. The topological polar surface area (TPSA) is 109 Å². The van der Waals surface area contributed by atoms with E-state index in [1.807, 2.05) is 79.1 Å². The molecular formula is C31H33N5O6S. The predicted molar refractivity (Wildman–Crippen MR) is 164 cm³/mol. The average molecular weight is 604 g/mol. The molecule has 1 amide bonds. The van der Waals surface area contributed by atoms with Crippen molar-refractivity contribution in [3.05, 3.63) is 60.7 Å². The molecule has 12 heteroatoms. The van der Waals surface area contributed by atoms with Gasteiger partial charge in [-0.3, -0.25) is 9.36 Å². The Kier molecular flexibility index (Phi) is 8.85. The first kappa shape index (κ1) is 28.7. The smallest absolute Gasteiger partial charge is 0.234 e. The Labute approximate surface area is 254 Å². The lowest BCUT2D eigenvalue weighted by Gasteiger charge is -2.31. The summed E-state index contributed by atoms with van der Waals surface area (Å²) in [4.78, 5) is 15.5. The molecule has 3 heterocycles. The van der Waals surface area contributed by atoms with E-state index in [2.05, 4.69) is 20.4 Å². The maximum atomic E-state index is 13.3. The molecule has 0 radical (unpaired) electrons. The Morgan fingerprint density at radius 2 is 1.70 bits per heavy atom. The number of benzene rings is 3. The summed E-state index contributed by atoms with van der Waals surface area (Å²) in [6.07, 6.45) is 0. The number of carbonyl (C=O) groups is 1. The van der Waals surface area contributed by atoms with Crippen molar-refractivity contribution in [3.63, 3.8) is 0 Å². The molecule has 2 aliphatic heterocycles. The molecule has 0 unspecified atom stereocenters. The third-order valence-electron chi connectivity index (χ3n) is 6.90. The second-order valence-corrected chi connectivity index (χ2v) is 10.6. The second-order valence-electron chi connectivity index (χ2n) is 9.66. The number of amides is 1. The van der Waals surface area contributed by atoms with Crippen molar-refractivity contribution in [2.75, 3.05) is 62.3 Å². The molecule has 11 nitrogen and oxygen atoms in total. The van der Waals surface area contributed by atoms with E-state index in [1.165, 1.54) is 11.8 Å². The van der Waals surface area contributed by atoms with Crippen LogP contribution < -0.4 is 29.2 Å². The Balaban J connectivity index is 1.24. The normalized spacial score (nSPS) is 14.0. The summed E-state index contributed by atoms with van der Waals surface area (Å²) in [6, 6.07) is 19.2. The minimum atomic E-state index is -0.209. The highest BCUT2D eigenvalue weighted by atomic mass is 32.2. The molecule has 0 spiro atoms. The zero-order valence-corrected chi connectivity index (χ0v) is 24.9. The van der Waals surface area contributed by atoms with Crippen LogP contribution in [0.5, 0.6) is 23.0 Å². The van der Waals surface area contributed by atoms with Crippen molar-refractivity contribution in [1.29, 1.82) is 0 Å². The van der Waals surface area contributed by atoms with Gasteiger partial charge in [0.25, 0.3) is 0 Å². The van der Waals surface area contributed by atoms with Crippen molar-refractivity contribution in [1.82, 2.24) is 14.8 Å². The Hall–Kier alpha value is -4.42. The molecular weight excluding hydrogens is 570 g/mol. The molecule has 1 saturated heterocycles. The third kappa shape index (κ3) is 6.35. The molecule has 0 saturated carbocycles. The molecule has 224 valence electrons. The number of fused-ring (bicyclic) bond motifs is 1. The van der Waals surface area contributed by atoms with Gasteiger partial charge in [0, 0.05) is 36.5 Å². The van der Waals surface area contributed by atoms with Crippen LogP contribution in [0.2, 0.25) is 0 Å². The molecule has 0 bridgehead atoms. The summed E-state index contributed by atoms with van der Waals surface area (Å²) < 4.78 is 30.4. The van der Waals surface area contributed by atoms with Gasteiger partial charge in [-0.2, -0.15) is 0 Å². The lowest BCUT2D eigenvalue weighted by Crippen LogP contribution is -2.36. The van der Waals surface area contributed by atoms with Crippen molar-refractivity contribution in [3.8, 4) is 40.1 Å². The number of aromatic nitrogens is 3. The van der Waals surface area contributed by atoms with E-state index in [-0.39, 0.29) is 18.5 Å². The van der Waals surface area contributed by atoms with Gasteiger partial charge in [-0.1, -0.05) is 30.0 Å². The highest BCUT2D eigenvalue weighted by molar-refractivity contribution is 7.99. The molecule has 4 aromatic rings. The van der Waals surface area contributed by atoms with Gasteiger partial charge in [-0.15, -0.1) is 10.2 Å².